The molecule has 0 aromatic carbocycles. The highest BCUT2D eigenvalue weighted by Gasteiger charge is 2.30. The van der Waals surface area contributed by atoms with Gasteiger partial charge in [0, 0.05) is 31.3 Å². The summed E-state index contributed by atoms with van der Waals surface area (Å²) in [5, 5.41) is 6.85. The van der Waals surface area contributed by atoms with Crippen LogP contribution in [0.2, 0.25) is 0 Å². The summed E-state index contributed by atoms with van der Waals surface area (Å²) in [7, 11) is 1.74. The third kappa shape index (κ3) is 2.75. The Morgan fingerprint density at radius 1 is 1.67 bits per heavy atom. The summed E-state index contributed by atoms with van der Waals surface area (Å²) in [4.78, 5) is 13.2. The van der Waals surface area contributed by atoms with Gasteiger partial charge in [-0.15, -0.1) is 0 Å². The Morgan fingerprint density at radius 2 is 2.44 bits per heavy atom. The number of H-pyrrole nitrogens is 1. The maximum absolute atomic E-state index is 11.6. The molecule has 1 aliphatic carbocycles. The molecule has 100 valence electrons. The summed E-state index contributed by atoms with van der Waals surface area (Å²) in [6.45, 7) is 2.58. The molecular formula is C12H20N4O2. The zero-order valence-corrected chi connectivity index (χ0v) is 10.8. The summed E-state index contributed by atoms with van der Waals surface area (Å²) in [6, 6.07) is 1.85. The average molecular weight is 252 g/mol. The van der Waals surface area contributed by atoms with E-state index < -0.39 is 0 Å². The van der Waals surface area contributed by atoms with Crippen molar-refractivity contribution in [2.75, 3.05) is 19.3 Å². The molecule has 1 aliphatic rings. The van der Waals surface area contributed by atoms with Gasteiger partial charge < -0.3 is 15.4 Å². The first-order chi connectivity index (χ1) is 8.60. The summed E-state index contributed by atoms with van der Waals surface area (Å²) in [6.07, 6.45) is 2.49. The van der Waals surface area contributed by atoms with E-state index in [2.05, 4.69) is 10.2 Å². The van der Waals surface area contributed by atoms with Crippen LogP contribution in [0.5, 0.6) is 0 Å². The number of amides is 1. The lowest BCUT2D eigenvalue weighted by atomic mass is 10.0. The Hall–Kier alpha value is -1.72. The van der Waals surface area contributed by atoms with Crippen molar-refractivity contribution >= 4 is 11.9 Å². The fraction of sp³-hybridized carbons (Fsp3) is 0.667. The molecule has 1 heterocycles. The van der Waals surface area contributed by atoms with Gasteiger partial charge in [-0.3, -0.25) is 5.10 Å². The molecule has 0 saturated heterocycles. The van der Waals surface area contributed by atoms with Gasteiger partial charge in [0.25, 0.3) is 0 Å². The molecule has 0 spiro atoms. The van der Waals surface area contributed by atoms with Crippen molar-refractivity contribution in [3.05, 3.63) is 11.8 Å². The molecule has 2 unspecified atom stereocenters. The van der Waals surface area contributed by atoms with Gasteiger partial charge >= 0.3 is 6.09 Å². The number of hydrogen-bond acceptors (Lipinski definition) is 4. The number of ether oxygens (including phenoxy) is 1. The molecule has 18 heavy (non-hydrogen) atoms. The van der Waals surface area contributed by atoms with Crippen molar-refractivity contribution in [2.45, 2.75) is 38.2 Å². The smallest absolute Gasteiger partial charge is 0.409 e. The number of nitrogens with one attached hydrogen (secondary N) is 1. The maximum Gasteiger partial charge on any atom is 0.409 e. The number of aromatic nitrogens is 2. The van der Waals surface area contributed by atoms with Crippen molar-refractivity contribution in [1.29, 1.82) is 0 Å². The van der Waals surface area contributed by atoms with Gasteiger partial charge in [0.1, 0.15) is 11.9 Å². The molecule has 3 N–H and O–H groups in total. The number of rotatable bonds is 3. The van der Waals surface area contributed by atoms with Crippen LogP contribution in [-0.2, 0) is 4.74 Å². The highest BCUT2D eigenvalue weighted by atomic mass is 16.6. The Labute approximate surface area is 106 Å². The van der Waals surface area contributed by atoms with E-state index in [0.717, 1.165) is 25.0 Å². The monoisotopic (exact) mass is 252 g/mol. The van der Waals surface area contributed by atoms with Crippen LogP contribution in [0, 0.1) is 0 Å². The lowest BCUT2D eigenvalue weighted by molar-refractivity contribution is 0.0725. The predicted octanol–water partition coefficient (Wildman–Crippen LogP) is 1.72. The Kier molecular flexibility index (Phi) is 3.74. The number of carbonyl (C=O) groups excluding carboxylic acids is 1. The van der Waals surface area contributed by atoms with Crippen molar-refractivity contribution in [3.8, 4) is 0 Å². The molecule has 1 aromatic rings. The number of hydrogen-bond donors (Lipinski definition) is 2. The van der Waals surface area contributed by atoms with Crippen LogP contribution in [0.1, 0.15) is 37.8 Å². The van der Waals surface area contributed by atoms with Crippen molar-refractivity contribution in [3.63, 3.8) is 0 Å². The standard InChI is InChI=1S/C12H20N4O2/c1-3-16(2)12(17)18-9-5-4-8(6-9)10-7-11(13)15-14-10/h7-9H,3-6H2,1-2H3,(H3,13,14,15). The zero-order chi connectivity index (χ0) is 13.1. The normalized spacial score (nSPS) is 23.0. The molecule has 1 fully saturated rings. The fourth-order valence-electron chi connectivity index (χ4n) is 2.25. The third-order valence-electron chi connectivity index (χ3n) is 3.50. The molecule has 1 saturated carbocycles. The van der Waals surface area contributed by atoms with E-state index in [1.54, 1.807) is 11.9 Å². The molecule has 0 radical (unpaired) electrons. The van der Waals surface area contributed by atoms with E-state index >= 15 is 0 Å². The highest BCUT2D eigenvalue weighted by molar-refractivity contribution is 5.67. The van der Waals surface area contributed by atoms with Crippen molar-refractivity contribution in [2.24, 2.45) is 0 Å². The Morgan fingerprint density at radius 3 is 3.06 bits per heavy atom. The second-order valence-corrected chi connectivity index (χ2v) is 4.78. The summed E-state index contributed by atoms with van der Waals surface area (Å²) in [5.41, 5.74) is 6.62. The van der Waals surface area contributed by atoms with E-state index in [1.165, 1.54) is 0 Å². The third-order valence-corrected chi connectivity index (χ3v) is 3.50. The van der Waals surface area contributed by atoms with Crippen LogP contribution in [0.4, 0.5) is 10.6 Å². The summed E-state index contributed by atoms with van der Waals surface area (Å²) >= 11 is 0. The lowest BCUT2D eigenvalue weighted by Crippen LogP contribution is -2.30. The van der Waals surface area contributed by atoms with Gasteiger partial charge in [-0.25, -0.2) is 4.79 Å². The first-order valence-electron chi connectivity index (χ1n) is 6.32. The second-order valence-electron chi connectivity index (χ2n) is 4.78. The van der Waals surface area contributed by atoms with Crippen LogP contribution in [0.25, 0.3) is 0 Å². The van der Waals surface area contributed by atoms with Gasteiger partial charge in [-0.2, -0.15) is 5.10 Å². The zero-order valence-electron chi connectivity index (χ0n) is 10.8. The number of anilines is 1. The van der Waals surface area contributed by atoms with E-state index in [4.69, 9.17) is 10.5 Å². The molecular weight excluding hydrogens is 232 g/mol. The SMILES string of the molecule is CCN(C)C(=O)OC1CCC(c2cc(N)n[nH]2)C1. The van der Waals surface area contributed by atoms with Gasteiger partial charge in [-0.1, -0.05) is 0 Å². The number of aromatic amines is 1. The van der Waals surface area contributed by atoms with Crippen LogP contribution >= 0.6 is 0 Å². The number of carbonyl (C=O) groups is 1. The van der Waals surface area contributed by atoms with E-state index in [-0.39, 0.29) is 12.2 Å². The van der Waals surface area contributed by atoms with Crippen LogP contribution in [-0.4, -0.2) is 40.9 Å². The quantitative estimate of drug-likeness (QED) is 0.857. The van der Waals surface area contributed by atoms with Crippen LogP contribution in [0.3, 0.4) is 0 Å². The molecule has 6 nitrogen and oxygen atoms in total. The van der Waals surface area contributed by atoms with E-state index in [1.807, 2.05) is 13.0 Å². The molecule has 1 amide bonds. The summed E-state index contributed by atoms with van der Waals surface area (Å²) in [5.74, 6) is 0.871. The molecule has 0 aliphatic heterocycles. The van der Waals surface area contributed by atoms with Crippen LogP contribution < -0.4 is 5.73 Å². The van der Waals surface area contributed by atoms with Crippen LogP contribution in [0.15, 0.2) is 6.07 Å². The largest absolute Gasteiger partial charge is 0.446 e. The van der Waals surface area contributed by atoms with Gasteiger partial charge in [0.15, 0.2) is 0 Å². The number of nitrogen functional groups attached to an aromatic ring is 1. The molecule has 6 heteroatoms. The minimum atomic E-state index is -0.243. The van der Waals surface area contributed by atoms with Crippen molar-refractivity contribution in [1.82, 2.24) is 15.1 Å². The Balaban J connectivity index is 1.87. The van der Waals surface area contributed by atoms with Gasteiger partial charge in [0.05, 0.1) is 0 Å². The van der Waals surface area contributed by atoms with Gasteiger partial charge in [0.2, 0.25) is 0 Å². The van der Waals surface area contributed by atoms with E-state index in [0.29, 0.717) is 18.3 Å². The lowest BCUT2D eigenvalue weighted by Gasteiger charge is -2.18. The molecule has 2 rings (SSSR count). The molecule has 2 atom stereocenters. The first-order valence-corrected chi connectivity index (χ1v) is 6.32. The van der Waals surface area contributed by atoms with Gasteiger partial charge in [-0.05, 0) is 26.2 Å². The average Bonchev–Trinajstić information content (AvgIpc) is 2.96. The maximum atomic E-state index is 11.6. The first kappa shape index (κ1) is 12.7. The Bertz CT molecular complexity index is 418. The summed E-state index contributed by atoms with van der Waals surface area (Å²) < 4.78 is 5.44. The minimum Gasteiger partial charge on any atom is -0.446 e. The van der Waals surface area contributed by atoms with Crippen molar-refractivity contribution < 1.29 is 9.53 Å². The fourth-order valence-corrected chi connectivity index (χ4v) is 2.25. The molecule has 1 aromatic heterocycles. The molecule has 0 bridgehead atoms. The number of nitrogens with two attached hydrogens (primary N) is 1. The topological polar surface area (TPSA) is 84.2 Å². The minimum absolute atomic E-state index is 0.000949. The number of nitrogens with zero attached hydrogens (tertiary/aromatic N) is 2. The second kappa shape index (κ2) is 5.29. The van der Waals surface area contributed by atoms with E-state index in [9.17, 15) is 4.79 Å². The highest BCUT2D eigenvalue weighted by Crippen LogP contribution is 2.35. The predicted molar refractivity (Wildman–Crippen MR) is 68.2 cm³/mol.